The molecule has 0 bridgehead atoms. The van der Waals surface area contributed by atoms with E-state index in [1.807, 2.05) is 17.8 Å². The molecule has 2 heterocycles. The van der Waals surface area contributed by atoms with Gasteiger partial charge in [-0.05, 0) is 6.92 Å². The lowest BCUT2D eigenvalue weighted by atomic mass is 10.3. The fraction of sp³-hybridized carbons (Fsp3) is 0.417. The van der Waals surface area contributed by atoms with Crippen molar-refractivity contribution >= 4 is 5.69 Å². The zero-order chi connectivity index (χ0) is 13.7. The van der Waals surface area contributed by atoms with E-state index in [2.05, 4.69) is 15.5 Å². The van der Waals surface area contributed by atoms with E-state index in [-0.39, 0.29) is 5.56 Å². The van der Waals surface area contributed by atoms with Gasteiger partial charge < -0.3 is 11.1 Å². The summed E-state index contributed by atoms with van der Waals surface area (Å²) in [4.78, 5) is 11.9. The third kappa shape index (κ3) is 3.41. The van der Waals surface area contributed by atoms with E-state index in [0.717, 1.165) is 12.1 Å². The van der Waals surface area contributed by atoms with E-state index in [4.69, 9.17) is 5.73 Å². The first-order chi connectivity index (χ1) is 9.22. The quantitative estimate of drug-likeness (QED) is 0.757. The molecule has 0 aliphatic carbocycles. The maximum Gasteiger partial charge on any atom is 0.269 e. The van der Waals surface area contributed by atoms with Gasteiger partial charge in [0, 0.05) is 37.5 Å². The minimum absolute atomic E-state index is 0.147. The molecule has 0 radical (unpaired) electrons. The Balaban J connectivity index is 2.10. The van der Waals surface area contributed by atoms with Crippen molar-refractivity contribution in [1.29, 1.82) is 0 Å². The van der Waals surface area contributed by atoms with Crippen LogP contribution in [0.3, 0.4) is 0 Å². The van der Waals surface area contributed by atoms with Crippen LogP contribution in [0.5, 0.6) is 0 Å². The van der Waals surface area contributed by atoms with Gasteiger partial charge >= 0.3 is 0 Å². The molecule has 0 spiro atoms. The zero-order valence-corrected chi connectivity index (χ0v) is 10.9. The summed E-state index contributed by atoms with van der Waals surface area (Å²) in [5, 5.41) is 11.3. The molecule has 7 heteroatoms. The molecule has 7 nitrogen and oxygen atoms in total. The molecule has 0 amide bonds. The predicted octanol–water partition coefficient (Wildman–Crippen LogP) is -0.121. The van der Waals surface area contributed by atoms with Gasteiger partial charge in [0.25, 0.3) is 5.56 Å². The average Bonchev–Trinajstić information content (AvgIpc) is 2.87. The summed E-state index contributed by atoms with van der Waals surface area (Å²) in [6.45, 7) is 4.38. The molecule has 0 saturated carbocycles. The number of hydrogen-bond donors (Lipinski definition) is 2. The number of aryl methyl sites for hydroxylation is 1. The van der Waals surface area contributed by atoms with Crippen molar-refractivity contribution in [2.24, 2.45) is 5.73 Å². The van der Waals surface area contributed by atoms with Crippen LogP contribution >= 0.6 is 0 Å². The number of anilines is 1. The van der Waals surface area contributed by atoms with Crippen molar-refractivity contribution in [3.63, 3.8) is 0 Å². The maximum atomic E-state index is 11.9. The van der Waals surface area contributed by atoms with Crippen LogP contribution in [-0.4, -0.2) is 32.7 Å². The van der Waals surface area contributed by atoms with Gasteiger partial charge in [0.1, 0.15) is 0 Å². The van der Waals surface area contributed by atoms with E-state index in [0.29, 0.717) is 25.3 Å². The Hall–Kier alpha value is -2.15. The molecule has 0 aromatic carbocycles. The molecule has 3 N–H and O–H groups in total. The zero-order valence-electron chi connectivity index (χ0n) is 10.9. The monoisotopic (exact) mass is 262 g/mol. The van der Waals surface area contributed by atoms with Gasteiger partial charge in [0.15, 0.2) is 0 Å². The molecule has 0 aliphatic heterocycles. The normalized spacial score (nSPS) is 10.6. The molecular weight excluding hydrogens is 244 g/mol. The third-order valence-electron chi connectivity index (χ3n) is 2.69. The van der Waals surface area contributed by atoms with Gasteiger partial charge in [-0.2, -0.15) is 10.2 Å². The highest BCUT2D eigenvalue weighted by atomic mass is 16.1. The standard InChI is InChI=1S/C12H18N6O/c1-2-17-8-10(6-15-17)9-18-12(19)5-11(7-16-18)14-4-3-13/h5-8,14H,2-4,9,13H2,1H3. The number of nitrogens with zero attached hydrogens (tertiary/aromatic N) is 4. The lowest BCUT2D eigenvalue weighted by Gasteiger charge is -2.06. The molecule has 0 fully saturated rings. The molecule has 2 aromatic heterocycles. The molecule has 2 aromatic rings. The number of hydrogen-bond acceptors (Lipinski definition) is 5. The van der Waals surface area contributed by atoms with Crippen molar-refractivity contribution in [2.75, 3.05) is 18.4 Å². The van der Waals surface area contributed by atoms with Gasteiger partial charge in [-0.15, -0.1) is 0 Å². The second kappa shape index (κ2) is 6.14. The summed E-state index contributed by atoms with van der Waals surface area (Å²) in [6.07, 6.45) is 5.29. The second-order valence-electron chi connectivity index (χ2n) is 4.16. The van der Waals surface area contributed by atoms with E-state index in [9.17, 15) is 4.79 Å². The average molecular weight is 262 g/mol. The highest BCUT2D eigenvalue weighted by molar-refractivity contribution is 5.38. The van der Waals surface area contributed by atoms with Crippen LogP contribution in [0.1, 0.15) is 12.5 Å². The Morgan fingerprint density at radius 3 is 2.84 bits per heavy atom. The number of nitrogens with two attached hydrogens (primary N) is 1. The minimum Gasteiger partial charge on any atom is -0.382 e. The first kappa shape index (κ1) is 13.3. The van der Waals surface area contributed by atoms with Crippen molar-refractivity contribution in [3.8, 4) is 0 Å². The first-order valence-electron chi connectivity index (χ1n) is 6.25. The van der Waals surface area contributed by atoms with Gasteiger partial charge in [0.05, 0.1) is 24.6 Å². The molecular formula is C12H18N6O. The summed E-state index contributed by atoms with van der Waals surface area (Å²) in [5.74, 6) is 0. The summed E-state index contributed by atoms with van der Waals surface area (Å²) in [7, 11) is 0. The van der Waals surface area contributed by atoms with Gasteiger partial charge in [-0.25, -0.2) is 4.68 Å². The maximum absolute atomic E-state index is 11.9. The lowest BCUT2D eigenvalue weighted by Crippen LogP contribution is -2.23. The van der Waals surface area contributed by atoms with Crippen LogP contribution in [0.4, 0.5) is 5.69 Å². The molecule has 102 valence electrons. The van der Waals surface area contributed by atoms with E-state index in [1.165, 1.54) is 10.7 Å². The second-order valence-corrected chi connectivity index (χ2v) is 4.16. The van der Waals surface area contributed by atoms with E-state index in [1.54, 1.807) is 12.4 Å². The summed E-state index contributed by atoms with van der Waals surface area (Å²) >= 11 is 0. The molecule has 0 unspecified atom stereocenters. The summed E-state index contributed by atoms with van der Waals surface area (Å²) in [5.41, 5.74) is 6.89. The molecule has 0 aliphatic rings. The van der Waals surface area contributed by atoms with Crippen LogP contribution < -0.4 is 16.6 Å². The van der Waals surface area contributed by atoms with Gasteiger partial charge in [-0.3, -0.25) is 9.48 Å². The first-order valence-corrected chi connectivity index (χ1v) is 6.25. The SMILES string of the molecule is CCn1cc(Cn2ncc(NCCN)cc2=O)cn1. The van der Waals surface area contributed by atoms with Crippen molar-refractivity contribution < 1.29 is 0 Å². The lowest BCUT2D eigenvalue weighted by molar-refractivity contribution is 0.634. The van der Waals surface area contributed by atoms with Crippen molar-refractivity contribution in [3.05, 3.63) is 40.6 Å². The highest BCUT2D eigenvalue weighted by Crippen LogP contribution is 2.02. The van der Waals surface area contributed by atoms with Crippen molar-refractivity contribution in [1.82, 2.24) is 19.6 Å². The topological polar surface area (TPSA) is 90.8 Å². The Morgan fingerprint density at radius 2 is 2.21 bits per heavy atom. The smallest absolute Gasteiger partial charge is 0.269 e. The fourth-order valence-electron chi connectivity index (χ4n) is 1.70. The summed E-state index contributed by atoms with van der Waals surface area (Å²) < 4.78 is 3.22. The number of rotatable bonds is 6. The fourth-order valence-corrected chi connectivity index (χ4v) is 1.70. The Kier molecular flexibility index (Phi) is 4.30. The predicted molar refractivity (Wildman–Crippen MR) is 73.0 cm³/mol. The minimum atomic E-state index is -0.147. The molecule has 19 heavy (non-hydrogen) atoms. The Morgan fingerprint density at radius 1 is 1.37 bits per heavy atom. The van der Waals surface area contributed by atoms with Crippen LogP contribution in [0.15, 0.2) is 29.5 Å². The number of aromatic nitrogens is 4. The van der Waals surface area contributed by atoms with E-state index < -0.39 is 0 Å². The Labute approximate surface area is 111 Å². The van der Waals surface area contributed by atoms with Gasteiger partial charge in [0.2, 0.25) is 0 Å². The van der Waals surface area contributed by atoms with Crippen LogP contribution in [0, 0.1) is 0 Å². The molecule has 2 rings (SSSR count). The summed E-state index contributed by atoms with van der Waals surface area (Å²) in [6, 6.07) is 1.52. The molecule has 0 saturated heterocycles. The Bertz CT molecular complexity index is 588. The largest absolute Gasteiger partial charge is 0.382 e. The van der Waals surface area contributed by atoms with E-state index >= 15 is 0 Å². The van der Waals surface area contributed by atoms with Crippen LogP contribution in [-0.2, 0) is 13.1 Å². The third-order valence-corrected chi connectivity index (χ3v) is 2.69. The number of nitrogens with one attached hydrogen (secondary N) is 1. The highest BCUT2D eigenvalue weighted by Gasteiger charge is 2.03. The van der Waals surface area contributed by atoms with Crippen LogP contribution in [0.2, 0.25) is 0 Å². The van der Waals surface area contributed by atoms with Crippen LogP contribution in [0.25, 0.3) is 0 Å². The van der Waals surface area contributed by atoms with Gasteiger partial charge in [-0.1, -0.05) is 0 Å². The van der Waals surface area contributed by atoms with Crippen molar-refractivity contribution in [2.45, 2.75) is 20.0 Å². The molecule has 0 atom stereocenters.